The molecule has 1 heterocycles. The zero-order valence-corrected chi connectivity index (χ0v) is 21.3. The summed E-state index contributed by atoms with van der Waals surface area (Å²) in [5.74, 6) is 0.0573. The molecule has 1 saturated heterocycles. The summed E-state index contributed by atoms with van der Waals surface area (Å²) in [4.78, 5) is 12.4. The van der Waals surface area contributed by atoms with Gasteiger partial charge >= 0.3 is 5.97 Å². The van der Waals surface area contributed by atoms with Crippen LogP contribution in [0.4, 0.5) is 0 Å². The van der Waals surface area contributed by atoms with E-state index < -0.39 is 15.4 Å². The number of aryl methyl sites for hydroxylation is 1. The summed E-state index contributed by atoms with van der Waals surface area (Å²) in [5, 5.41) is 8.85. The molecule has 2 aromatic rings. The van der Waals surface area contributed by atoms with Crippen molar-refractivity contribution in [2.75, 3.05) is 0 Å². The molecule has 0 amide bonds. The average Bonchev–Trinajstić information content (AvgIpc) is 2.72. The van der Waals surface area contributed by atoms with E-state index in [1.165, 1.54) is 30.5 Å². The first kappa shape index (κ1) is 23.5. The summed E-state index contributed by atoms with van der Waals surface area (Å²) < 4.78 is 12.0. The van der Waals surface area contributed by atoms with Crippen LogP contribution >= 0.6 is 0 Å². The van der Waals surface area contributed by atoms with E-state index in [2.05, 4.69) is 39.6 Å². The van der Waals surface area contributed by atoms with E-state index in [0.29, 0.717) is 16.9 Å². The summed E-state index contributed by atoms with van der Waals surface area (Å²) in [7, 11) is -2.99. The predicted molar refractivity (Wildman–Crippen MR) is 129 cm³/mol. The molecule has 1 unspecified atom stereocenters. The van der Waals surface area contributed by atoms with Crippen LogP contribution in [0.15, 0.2) is 48.5 Å². The minimum atomic E-state index is -1.63. The third-order valence-electron chi connectivity index (χ3n) is 6.84. The monoisotopic (exact) mass is 451 g/mol. The molecule has 3 rings (SSSR count). The molecule has 0 bridgehead atoms. The largest absolute Gasteiger partial charge is 0.423 e. The lowest BCUT2D eigenvalue weighted by atomic mass is 10.1. The standard InChI is InChI=1S/C25H33NO3Si2/c1-25(2)16-18-31(5,30(3,4)29-25)17-6-7-20-8-12-22(13-9-20)24(27)28-23-14-10-21(19-26)11-15-23/h8-15H,6-7,16-18H2,1-5H3. The van der Waals surface area contributed by atoms with Gasteiger partial charge in [-0.3, -0.25) is 0 Å². The van der Waals surface area contributed by atoms with E-state index in [1.54, 1.807) is 24.3 Å². The number of ether oxygens (including phenoxy) is 1. The molecule has 1 atom stereocenters. The van der Waals surface area contributed by atoms with Crippen LogP contribution in [0.1, 0.15) is 48.2 Å². The summed E-state index contributed by atoms with van der Waals surface area (Å²) in [5.41, 5.74) is 2.37. The fourth-order valence-corrected chi connectivity index (χ4v) is 15.8. The molecular weight excluding hydrogens is 418 g/mol. The van der Waals surface area contributed by atoms with E-state index in [1.807, 2.05) is 24.3 Å². The molecule has 2 aromatic carbocycles. The van der Waals surface area contributed by atoms with Gasteiger partial charge < -0.3 is 9.16 Å². The minimum absolute atomic E-state index is 0.0461. The number of rotatable bonds is 6. The van der Waals surface area contributed by atoms with Crippen molar-refractivity contribution in [1.29, 1.82) is 5.26 Å². The first-order valence-electron chi connectivity index (χ1n) is 11.1. The number of carbonyl (C=O) groups is 1. The van der Waals surface area contributed by atoms with Crippen LogP contribution in [0.25, 0.3) is 0 Å². The van der Waals surface area contributed by atoms with E-state index in [-0.39, 0.29) is 11.6 Å². The van der Waals surface area contributed by atoms with Crippen LogP contribution in [0.5, 0.6) is 5.75 Å². The van der Waals surface area contributed by atoms with Gasteiger partial charge in [0.05, 0.1) is 30.4 Å². The summed E-state index contributed by atoms with van der Waals surface area (Å²) in [6.45, 7) is 11.9. The molecule has 0 spiro atoms. The molecule has 1 aliphatic heterocycles. The molecule has 0 aromatic heterocycles. The summed E-state index contributed by atoms with van der Waals surface area (Å²) >= 11 is 0. The van der Waals surface area contributed by atoms with Gasteiger partial charge in [-0.2, -0.15) is 5.26 Å². The smallest absolute Gasteiger partial charge is 0.343 e. The number of nitriles is 1. The van der Waals surface area contributed by atoms with Crippen molar-refractivity contribution in [2.45, 2.75) is 70.4 Å². The lowest BCUT2D eigenvalue weighted by molar-refractivity contribution is 0.0734. The van der Waals surface area contributed by atoms with Gasteiger partial charge in [0.2, 0.25) is 0 Å². The predicted octanol–water partition coefficient (Wildman–Crippen LogP) is 6.27. The van der Waals surface area contributed by atoms with Crippen LogP contribution < -0.4 is 4.74 Å². The zero-order chi connectivity index (χ0) is 22.7. The molecule has 164 valence electrons. The van der Waals surface area contributed by atoms with Crippen molar-refractivity contribution in [2.24, 2.45) is 0 Å². The van der Waals surface area contributed by atoms with Gasteiger partial charge in [0.25, 0.3) is 0 Å². The molecule has 6 heteroatoms. The maximum Gasteiger partial charge on any atom is 0.343 e. The maximum atomic E-state index is 12.4. The fourth-order valence-electron chi connectivity index (χ4n) is 4.42. The van der Waals surface area contributed by atoms with Crippen LogP contribution in [-0.4, -0.2) is 27.0 Å². The molecule has 1 fully saturated rings. The van der Waals surface area contributed by atoms with E-state index in [0.717, 1.165) is 6.42 Å². The van der Waals surface area contributed by atoms with Crippen LogP contribution in [0.2, 0.25) is 31.7 Å². The third-order valence-corrected chi connectivity index (χ3v) is 24.1. The minimum Gasteiger partial charge on any atom is -0.423 e. The van der Waals surface area contributed by atoms with Crippen LogP contribution in [0.3, 0.4) is 0 Å². The Hall–Kier alpha value is -2.21. The highest BCUT2D eigenvalue weighted by atomic mass is 29.3. The highest BCUT2D eigenvalue weighted by Crippen LogP contribution is 2.41. The third kappa shape index (κ3) is 5.73. The van der Waals surface area contributed by atoms with E-state index in [9.17, 15) is 4.79 Å². The van der Waals surface area contributed by atoms with Gasteiger partial charge in [-0.1, -0.05) is 37.2 Å². The van der Waals surface area contributed by atoms with Crippen LogP contribution in [0, 0.1) is 11.3 Å². The maximum absolute atomic E-state index is 12.4. The fraction of sp³-hybridized carbons (Fsp3) is 0.440. The first-order chi connectivity index (χ1) is 14.5. The number of nitrogens with zero attached hydrogens (tertiary/aromatic N) is 1. The van der Waals surface area contributed by atoms with Gasteiger partial charge in [-0.25, -0.2) is 4.79 Å². The highest BCUT2D eigenvalue weighted by molar-refractivity contribution is 7.38. The number of hydrogen-bond acceptors (Lipinski definition) is 4. The molecule has 31 heavy (non-hydrogen) atoms. The summed E-state index contributed by atoms with van der Waals surface area (Å²) in [6, 6.07) is 19.0. The molecule has 1 aliphatic rings. The number of carbonyl (C=O) groups excluding carboxylic acids is 1. The Kier molecular flexibility index (Phi) is 6.90. The normalized spacial score (nSPS) is 21.8. The Bertz CT molecular complexity index is 962. The van der Waals surface area contributed by atoms with Crippen molar-refractivity contribution in [1.82, 2.24) is 0 Å². The quantitative estimate of drug-likeness (QED) is 0.295. The second-order valence-electron chi connectivity index (χ2n) is 10.0. The number of esters is 1. The van der Waals surface area contributed by atoms with Crippen molar-refractivity contribution < 1.29 is 14.0 Å². The molecule has 0 saturated carbocycles. The second kappa shape index (κ2) is 9.11. The number of benzene rings is 2. The first-order valence-corrected chi connectivity index (χ1v) is 17.9. The zero-order valence-electron chi connectivity index (χ0n) is 19.3. The van der Waals surface area contributed by atoms with Crippen molar-refractivity contribution in [3.8, 4) is 11.8 Å². The second-order valence-corrected chi connectivity index (χ2v) is 24.6. The molecule has 0 aliphatic carbocycles. The molecule has 4 nitrogen and oxygen atoms in total. The van der Waals surface area contributed by atoms with Gasteiger partial charge in [-0.15, -0.1) is 0 Å². The topological polar surface area (TPSA) is 59.3 Å². The Morgan fingerprint density at radius 1 is 1.10 bits per heavy atom. The highest BCUT2D eigenvalue weighted by Gasteiger charge is 2.52. The van der Waals surface area contributed by atoms with Crippen molar-refractivity contribution >= 4 is 21.4 Å². The Morgan fingerprint density at radius 2 is 1.74 bits per heavy atom. The SMILES string of the molecule is CC1(C)CC[Si](C)(CCCc2ccc(C(=O)Oc3ccc(C#N)cc3)cc2)[Si](C)(C)O1. The van der Waals surface area contributed by atoms with Crippen LogP contribution in [-0.2, 0) is 10.8 Å². The Morgan fingerprint density at radius 3 is 2.32 bits per heavy atom. The molecule has 0 N–H and O–H groups in total. The summed E-state index contributed by atoms with van der Waals surface area (Å²) in [6.07, 6.45) is 3.39. The van der Waals surface area contributed by atoms with E-state index >= 15 is 0 Å². The van der Waals surface area contributed by atoms with Gasteiger partial charge in [0.15, 0.2) is 7.83 Å². The van der Waals surface area contributed by atoms with Gasteiger partial charge in [0.1, 0.15) is 5.75 Å². The van der Waals surface area contributed by atoms with Crippen molar-refractivity contribution in [3.63, 3.8) is 0 Å². The molecular formula is C25H33NO3Si2. The Labute approximate surface area is 188 Å². The Balaban J connectivity index is 1.53. The van der Waals surface area contributed by atoms with E-state index in [4.69, 9.17) is 14.4 Å². The average molecular weight is 452 g/mol. The lowest BCUT2D eigenvalue weighted by Crippen LogP contribution is -2.65. The van der Waals surface area contributed by atoms with Gasteiger partial charge in [-0.05, 0) is 81.7 Å². The van der Waals surface area contributed by atoms with Gasteiger partial charge in [0, 0.05) is 0 Å². The number of hydrogen-bond donors (Lipinski definition) is 0. The molecule has 0 radical (unpaired) electrons. The van der Waals surface area contributed by atoms with Crippen molar-refractivity contribution in [3.05, 3.63) is 65.2 Å². The lowest BCUT2D eigenvalue weighted by Gasteiger charge is -2.51.